The summed E-state index contributed by atoms with van der Waals surface area (Å²) in [6.07, 6.45) is 3.38. The van der Waals surface area contributed by atoms with Crippen LogP contribution in [-0.2, 0) is 17.8 Å². The fraction of sp³-hybridized carbons (Fsp3) is 0.400. The van der Waals surface area contributed by atoms with Crippen molar-refractivity contribution in [1.82, 2.24) is 4.57 Å². The minimum atomic E-state index is -0.932. The number of fused-ring (bicyclic) bond motifs is 1. The Balaban J connectivity index is 2.36. The number of hydrogen-bond acceptors (Lipinski definition) is 2. The lowest BCUT2D eigenvalue weighted by molar-refractivity contribution is -0.118. The molecule has 1 N–H and O–H groups in total. The topological polar surface area (TPSA) is 59.3 Å². The van der Waals surface area contributed by atoms with Crippen LogP contribution < -0.4 is 0 Å². The molecular weight excluding hydrogens is 182 g/mol. The summed E-state index contributed by atoms with van der Waals surface area (Å²) >= 11 is 0. The Morgan fingerprint density at radius 1 is 1.50 bits per heavy atom. The summed E-state index contributed by atoms with van der Waals surface area (Å²) in [5.41, 5.74) is 1.10. The van der Waals surface area contributed by atoms with E-state index in [0.29, 0.717) is 12.8 Å². The van der Waals surface area contributed by atoms with E-state index in [-0.39, 0.29) is 11.3 Å². The highest BCUT2D eigenvalue weighted by molar-refractivity contribution is 5.88. The first-order valence-electron chi connectivity index (χ1n) is 4.61. The molecule has 74 valence electrons. The first kappa shape index (κ1) is 8.99. The van der Waals surface area contributed by atoms with Crippen LogP contribution >= 0.6 is 0 Å². The maximum Gasteiger partial charge on any atom is 0.337 e. The Hall–Kier alpha value is -1.58. The number of carbonyl (C=O) groups excluding carboxylic acids is 1. The second-order valence-electron chi connectivity index (χ2n) is 3.54. The largest absolute Gasteiger partial charge is 0.478 e. The Morgan fingerprint density at radius 2 is 2.29 bits per heavy atom. The Labute approximate surface area is 81.2 Å². The van der Waals surface area contributed by atoms with Crippen LogP contribution in [0.15, 0.2) is 12.3 Å². The molecule has 0 amide bonds. The maximum atomic E-state index is 11.3. The minimum Gasteiger partial charge on any atom is -0.478 e. The molecule has 14 heavy (non-hydrogen) atoms. The molecule has 0 radical (unpaired) electrons. The van der Waals surface area contributed by atoms with Crippen LogP contribution in [0.1, 0.15) is 28.9 Å². The van der Waals surface area contributed by atoms with Crippen molar-refractivity contribution < 1.29 is 14.7 Å². The van der Waals surface area contributed by atoms with E-state index in [0.717, 1.165) is 18.7 Å². The zero-order valence-electron chi connectivity index (χ0n) is 7.69. The van der Waals surface area contributed by atoms with Crippen molar-refractivity contribution in [2.75, 3.05) is 0 Å². The van der Waals surface area contributed by atoms with E-state index < -0.39 is 5.97 Å². The summed E-state index contributed by atoms with van der Waals surface area (Å²) in [6.45, 7) is 0.744. The molecular formula is C10H11NO3. The summed E-state index contributed by atoms with van der Waals surface area (Å²) in [4.78, 5) is 22.0. The maximum absolute atomic E-state index is 11.3. The molecule has 0 fully saturated rings. The molecule has 0 spiro atoms. The summed E-state index contributed by atoms with van der Waals surface area (Å²) in [5, 5.41) is 8.77. The number of rotatable bonds is 1. The average Bonchev–Trinajstić information content (AvgIpc) is 2.42. The number of aromatic carboxylic acids is 1. The number of ketones is 1. The third-order valence-electron chi connectivity index (χ3n) is 2.47. The number of carbonyl (C=O) groups is 2. The average molecular weight is 193 g/mol. The van der Waals surface area contributed by atoms with Crippen LogP contribution in [0.25, 0.3) is 0 Å². The zero-order valence-corrected chi connectivity index (χ0v) is 7.69. The predicted octanol–water partition coefficient (Wildman–Crippen LogP) is 1.09. The molecule has 0 unspecified atom stereocenters. The fourth-order valence-electron chi connectivity index (χ4n) is 1.77. The highest BCUT2D eigenvalue weighted by atomic mass is 16.4. The van der Waals surface area contributed by atoms with Gasteiger partial charge in [-0.2, -0.15) is 0 Å². The fourth-order valence-corrected chi connectivity index (χ4v) is 1.77. The monoisotopic (exact) mass is 193 g/mol. The molecule has 4 nitrogen and oxygen atoms in total. The van der Waals surface area contributed by atoms with Gasteiger partial charge in [0.15, 0.2) is 0 Å². The number of carboxylic acid groups (broad SMARTS) is 1. The summed E-state index contributed by atoms with van der Waals surface area (Å²) in [7, 11) is 0. The van der Waals surface area contributed by atoms with Gasteiger partial charge < -0.3 is 9.67 Å². The molecule has 2 rings (SSSR count). The van der Waals surface area contributed by atoms with Crippen LogP contribution in [0.4, 0.5) is 0 Å². The van der Waals surface area contributed by atoms with Gasteiger partial charge >= 0.3 is 5.97 Å². The minimum absolute atomic E-state index is 0.193. The van der Waals surface area contributed by atoms with Gasteiger partial charge in [-0.1, -0.05) is 0 Å². The number of hydrogen-bond donors (Lipinski definition) is 1. The zero-order chi connectivity index (χ0) is 10.1. The van der Waals surface area contributed by atoms with Crippen LogP contribution in [0.3, 0.4) is 0 Å². The lowest BCUT2D eigenvalue weighted by Gasteiger charge is -2.00. The predicted molar refractivity (Wildman–Crippen MR) is 49.3 cm³/mol. The van der Waals surface area contributed by atoms with Crippen LogP contribution in [0.2, 0.25) is 0 Å². The van der Waals surface area contributed by atoms with Gasteiger partial charge in [-0.25, -0.2) is 4.79 Å². The van der Waals surface area contributed by atoms with Gasteiger partial charge in [-0.15, -0.1) is 0 Å². The molecule has 0 atom stereocenters. The van der Waals surface area contributed by atoms with E-state index in [2.05, 4.69) is 0 Å². The van der Waals surface area contributed by atoms with Gasteiger partial charge in [-0.05, 0) is 12.5 Å². The first-order chi connectivity index (χ1) is 6.66. The van der Waals surface area contributed by atoms with Crippen molar-refractivity contribution in [3.63, 3.8) is 0 Å². The lowest BCUT2D eigenvalue weighted by Crippen LogP contribution is -2.00. The molecule has 0 saturated carbocycles. The number of nitrogens with zero attached hydrogens (tertiary/aromatic N) is 1. The Bertz CT molecular complexity index is 392. The van der Waals surface area contributed by atoms with E-state index in [1.165, 1.54) is 0 Å². The number of aryl methyl sites for hydroxylation is 1. The van der Waals surface area contributed by atoms with Gasteiger partial charge in [0, 0.05) is 31.3 Å². The van der Waals surface area contributed by atoms with E-state index in [9.17, 15) is 9.59 Å². The summed E-state index contributed by atoms with van der Waals surface area (Å²) < 4.78 is 1.87. The second-order valence-corrected chi connectivity index (χ2v) is 3.54. The van der Waals surface area contributed by atoms with Gasteiger partial charge in [-0.3, -0.25) is 4.79 Å². The van der Waals surface area contributed by atoms with Crippen LogP contribution in [0, 0.1) is 0 Å². The first-order valence-corrected chi connectivity index (χ1v) is 4.61. The second kappa shape index (κ2) is 3.29. The van der Waals surface area contributed by atoms with Gasteiger partial charge in [0.2, 0.25) is 0 Å². The molecule has 0 aliphatic carbocycles. The van der Waals surface area contributed by atoms with E-state index in [1.54, 1.807) is 12.3 Å². The van der Waals surface area contributed by atoms with Crippen molar-refractivity contribution >= 4 is 11.8 Å². The highest BCUT2D eigenvalue weighted by Gasteiger charge is 2.16. The number of Topliss-reactive ketones (excluding diaryl/α,β-unsaturated/α-hetero) is 1. The SMILES string of the molecule is O=C1CCCn2cc(C(=O)O)cc2C1. The van der Waals surface area contributed by atoms with Crippen LogP contribution in [0.5, 0.6) is 0 Å². The van der Waals surface area contributed by atoms with Crippen LogP contribution in [-0.4, -0.2) is 21.4 Å². The quantitative estimate of drug-likeness (QED) is 0.726. The third kappa shape index (κ3) is 1.55. The molecule has 1 aliphatic rings. The normalized spacial score (nSPS) is 16.1. The van der Waals surface area contributed by atoms with Crippen molar-refractivity contribution in [1.29, 1.82) is 0 Å². The molecule has 4 heteroatoms. The third-order valence-corrected chi connectivity index (χ3v) is 2.47. The smallest absolute Gasteiger partial charge is 0.337 e. The number of aromatic nitrogens is 1. The van der Waals surface area contributed by atoms with E-state index in [4.69, 9.17) is 5.11 Å². The molecule has 0 bridgehead atoms. The van der Waals surface area contributed by atoms with E-state index >= 15 is 0 Å². The molecule has 1 aliphatic heterocycles. The molecule has 1 aromatic heterocycles. The molecule has 0 aromatic carbocycles. The molecule has 1 aromatic rings. The van der Waals surface area contributed by atoms with Gasteiger partial charge in [0.1, 0.15) is 5.78 Å². The Kier molecular flexibility index (Phi) is 2.11. The summed E-state index contributed by atoms with van der Waals surface area (Å²) in [6, 6.07) is 1.59. The van der Waals surface area contributed by atoms with Crippen molar-refractivity contribution in [2.24, 2.45) is 0 Å². The van der Waals surface area contributed by atoms with Gasteiger partial charge in [0.25, 0.3) is 0 Å². The lowest BCUT2D eigenvalue weighted by atomic mass is 10.1. The van der Waals surface area contributed by atoms with Gasteiger partial charge in [0.05, 0.1) is 5.56 Å². The van der Waals surface area contributed by atoms with Crippen molar-refractivity contribution in [3.8, 4) is 0 Å². The Morgan fingerprint density at radius 3 is 3.00 bits per heavy atom. The summed E-state index contributed by atoms with van der Waals surface area (Å²) in [5.74, 6) is -0.739. The highest BCUT2D eigenvalue weighted by Crippen LogP contribution is 2.15. The van der Waals surface area contributed by atoms with Crippen molar-refractivity contribution in [2.45, 2.75) is 25.8 Å². The van der Waals surface area contributed by atoms with E-state index in [1.807, 2.05) is 4.57 Å². The van der Waals surface area contributed by atoms with Crippen molar-refractivity contribution in [3.05, 3.63) is 23.5 Å². The standard InChI is InChI=1S/C10H11NO3/c12-9-2-1-3-11-6-7(10(13)14)4-8(11)5-9/h4,6H,1-3,5H2,(H,13,14). The number of carboxylic acids is 1. The molecule has 0 saturated heterocycles. The molecule has 2 heterocycles.